The summed E-state index contributed by atoms with van der Waals surface area (Å²) in [6, 6.07) is 6.02. The largest absolute Gasteiger partial charge is 0.311 e. The molecule has 1 N–H and O–H groups in total. The maximum Gasteiger partial charge on any atom is 0.280 e. The SMILES string of the molecule is Cc1cc(C)cc(-n2nnc3c(=O)[nH]cnc32)c1. The van der Waals surface area contributed by atoms with E-state index < -0.39 is 0 Å². The van der Waals surface area contributed by atoms with Crippen LogP contribution in [0.25, 0.3) is 16.9 Å². The Bertz CT molecular complexity index is 766. The standard InChI is InChI=1S/C12H11N5O/c1-7-3-8(2)5-9(4-7)17-11-10(15-16-17)12(18)14-6-13-11/h3-6H,1-2H3,(H,13,14,18). The molecule has 0 amide bonds. The van der Waals surface area contributed by atoms with Gasteiger partial charge in [0, 0.05) is 0 Å². The third-order valence-electron chi connectivity index (χ3n) is 2.70. The smallest absolute Gasteiger partial charge is 0.280 e. The number of nitrogens with zero attached hydrogens (tertiary/aromatic N) is 4. The topological polar surface area (TPSA) is 76.5 Å². The van der Waals surface area contributed by atoms with Crippen molar-refractivity contribution in [3.63, 3.8) is 0 Å². The van der Waals surface area contributed by atoms with Gasteiger partial charge in [-0.15, -0.1) is 5.10 Å². The van der Waals surface area contributed by atoms with Crippen LogP contribution in [0.5, 0.6) is 0 Å². The van der Waals surface area contributed by atoms with Crippen molar-refractivity contribution in [2.24, 2.45) is 0 Å². The minimum atomic E-state index is -0.282. The molecular weight excluding hydrogens is 230 g/mol. The summed E-state index contributed by atoms with van der Waals surface area (Å²) < 4.78 is 1.57. The van der Waals surface area contributed by atoms with E-state index in [2.05, 4.69) is 26.3 Å². The zero-order chi connectivity index (χ0) is 12.7. The Morgan fingerprint density at radius 2 is 1.89 bits per heavy atom. The van der Waals surface area contributed by atoms with Crippen molar-refractivity contribution in [3.8, 4) is 5.69 Å². The molecule has 3 aromatic rings. The molecule has 0 spiro atoms. The van der Waals surface area contributed by atoms with Crippen LogP contribution >= 0.6 is 0 Å². The highest BCUT2D eigenvalue weighted by molar-refractivity contribution is 5.70. The fraction of sp³-hybridized carbons (Fsp3) is 0.167. The molecule has 0 radical (unpaired) electrons. The molecule has 18 heavy (non-hydrogen) atoms. The molecule has 0 saturated carbocycles. The lowest BCUT2D eigenvalue weighted by atomic mass is 10.1. The number of H-pyrrole nitrogens is 1. The first-order chi connectivity index (χ1) is 8.65. The summed E-state index contributed by atoms with van der Waals surface area (Å²) >= 11 is 0. The molecule has 0 atom stereocenters. The molecule has 0 aliphatic heterocycles. The molecule has 0 unspecified atom stereocenters. The van der Waals surface area contributed by atoms with Gasteiger partial charge in [-0.3, -0.25) is 4.79 Å². The van der Waals surface area contributed by atoms with Crippen molar-refractivity contribution < 1.29 is 0 Å². The minimum Gasteiger partial charge on any atom is -0.311 e. The lowest BCUT2D eigenvalue weighted by molar-refractivity contribution is 0.815. The maximum absolute atomic E-state index is 11.5. The average molecular weight is 241 g/mol. The minimum absolute atomic E-state index is 0.247. The molecular formula is C12H11N5O. The molecule has 0 saturated heterocycles. The molecule has 6 heteroatoms. The van der Waals surface area contributed by atoms with E-state index in [-0.39, 0.29) is 11.1 Å². The van der Waals surface area contributed by atoms with E-state index in [1.807, 2.05) is 26.0 Å². The highest BCUT2D eigenvalue weighted by Gasteiger charge is 2.10. The molecule has 0 aliphatic carbocycles. The molecule has 2 heterocycles. The summed E-state index contributed by atoms with van der Waals surface area (Å²) in [6.45, 7) is 4.02. The van der Waals surface area contributed by atoms with Crippen LogP contribution in [0.4, 0.5) is 0 Å². The fourth-order valence-corrected chi connectivity index (χ4v) is 2.01. The first kappa shape index (κ1) is 10.6. The van der Waals surface area contributed by atoms with E-state index in [0.29, 0.717) is 5.65 Å². The lowest BCUT2D eigenvalue weighted by Gasteiger charge is -2.04. The Morgan fingerprint density at radius 1 is 1.17 bits per heavy atom. The summed E-state index contributed by atoms with van der Waals surface area (Å²) in [5.74, 6) is 0. The van der Waals surface area contributed by atoms with Crippen molar-refractivity contribution in [3.05, 3.63) is 46.0 Å². The Balaban J connectivity index is 2.32. The van der Waals surface area contributed by atoms with Gasteiger partial charge in [0.25, 0.3) is 5.56 Å². The van der Waals surface area contributed by atoms with Crippen molar-refractivity contribution in [1.29, 1.82) is 0 Å². The number of benzene rings is 1. The van der Waals surface area contributed by atoms with E-state index in [4.69, 9.17) is 0 Å². The van der Waals surface area contributed by atoms with Gasteiger partial charge in [0.2, 0.25) is 0 Å². The molecule has 2 aromatic heterocycles. The van der Waals surface area contributed by atoms with Crippen LogP contribution in [0.15, 0.2) is 29.3 Å². The Morgan fingerprint density at radius 3 is 2.61 bits per heavy atom. The number of aromatic amines is 1. The quantitative estimate of drug-likeness (QED) is 0.692. The van der Waals surface area contributed by atoms with Crippen LogP contribution in [0, 0.1) is 13.8 Å². The number of hydrogen-bond donors (Lipinski definition) is 1. The number of nitrogens with one attached hydrogen (secondary N) is 1. The number of hydrogen-bond acceptors (Lipinski definition) is 4. The summed E-state index contributed by atoms with van der Waals surface area (Å²) in [6.07, 6.45) is 1.35. The van der Waals surface area contributed by atoms with Gasteiger partial charge in [0.1, 0.15) is 0 Å². The summed E-state index contributed by atoms with van der Waals surface area (Å²) in [7, 11) is 0. The number of fused-ring (bicyclic) bond motifs is 1. The molecule has 3 rings (SSSR count). The van der Waals surface area contributed by atoms with Crippen LogP contribution in [-0.4, -0.2) is 25.0 Å². The first-order valence-electron chi connectivity index (χ1n) is 5.53. The molecule has 0 bridgehead atoms. The summed E-state index contributed by atoms with van der Waals surface area (Å²) in [4.78, 5) is 18.1. The van der Waals surface area contributed by atoms with Gasteiger partial charge in [0.15, 0.2) is 11.2 Å². The first-order valence-corrected chi connectivity index (χ1v) is 5.53. The van der Waals surface area contributed by atoms with Crippen molar-refractivity contribution >= 4 is 11.2 Å². The molecule has 1 aromatic carbocycles. The normalized spacial score (nSPS) is 11.0. The van der Waals surface area contributed by atoms with Crippen molar-refractivity contribution in [2.45, 2.75) is 13.8 Å². The van der Waals surface area contributed by atoms with Gasteiger partial charge in [-0.1, -0.05) is 11.3 Å². The van der Waals surface area contributed by atoms with Crippen LogP contribution in [0.3, 0.4) is 0 Å². The Hall–Kier alpha value is -2.50. The molecule has 0 aliphatic rings. The Labute approximate surface area is 102 Å². The predicted octanol–water partition coefficient (Wildman–Crippen LogP) is 1.12. The van der Waals surface area contributed by atoms with E-state index in [1.165, 1.54) is 6.33 Å². The highest BCUT2D eigenvalue weighted by Crippen LogP contribution is 2.15. The Kier molecular flexibility index (Phi) is 2.22. The van der Waals surface area contributed by atoms with Crippen LogP contribution < -0.4 is 5.56 Å². The van der Waals surface area contributed by atoms with Gasteiger partial charge in [-0.05, 0) is 37.1 Å². The maximum atomic E-state index is 11.5. The van der Waals surface area contributed by atoms with E-state index in [1.54, 1.807) is 4.68 Å². The second kappa shape index (κ2) is 3.76. The summed E-state index contributed by atoms with van der Waals surface area (Å²) in [5.41, 5.74) is 3.53. The van der Waals surface area contributed by atoms with Crippen LogP contribution in [0.1, 0.15) is 11.1 Å². The van der Waals surface area contributed by atoms with Crippen LogP contribution in [-0.2, 0) is 0 Å². The second-order valence-corrected chi connectivity index (χ2v) is 4.25. The van der Waals surface area contributed by atoms with E-state index in [0.717, 1.165) is 16.8 Å². The van der Waals surface area contributed by atoms with Gasteiger partial charge < -0.3 is 4.98 Å². The molecule has 90 valence electrons. The van der Waals surface area contributed by atoms with Crippen LogP contribution in [0.2, 0.25) is 0 Å². The average Bonchev–Trinajstić information content (AvgIpc) is 2.73. The zero-order valence-electron chi connectivity index (χ0n) is 10.0. The zero-order valence-corrected chi connectivity index (χ0v) is 10.0. The molecule has 6 nitrogen and oxygen atoms in total. The van der Waals surface area contributed by atoms with Crippen molar-refractivity contribution in [1.82, 2.24) is 25.0 Å². The van der Waals surface area contributed by atoms with Gasteiger partial charge in [-0.2, -0.15) is 4.68 Å². The number of aryl methyl sites for hydroxylation is 2. The fourth-order valence-electron chi connectivity index (χ4n) is 2.01. The molecule has 0 fully saturated rings. The number of rotatable bonds is 1. The second-order valence-electron chi connectivity index (χ2n) is 4.25. The summed E-state index contributed by atoms with van der Waals surface area (Å²) in [5, 5.41) is 7.85. The lowest BCUT2D eigenvalue weighted by Crippen LogP contribution is -2.07. The third kappa shape index (κ3) is 1.58. The van der Waals surface area contributed by atoms with E-state index in [9.17, 15) is 4.79 Å². The monoisotopic (exact) mass is 241 g/mol. The van der Waals surface area contributed by atoms with Gasteiger partial charge in [-0.25, -0.2) is 4.98 Å². The van der Waals surface area contributed by atoms with E-state index >= 15 is 0 Å². The third-order valence-corrected chi connectivity index (χ3v) is 2.70. The number of aromatic nitrogens is 5. The highest BCUT2D eigenvalue weighted by atomic mass is 16.1. The predicted molar refractivity (Wildman–Crippen MR) is 66.8 cm³/mol. The van der Waals surface area contributed by atoms with Gasteiger partial charge in [0.05, 0.1) is 12.0 Å². The van der Waals surface area contributed by atoms with Crippen molar-refractivity contribution in [2.75, 3.05) is 0 Å². The van der Waals surface area contributed by atoms with Gasteiger partial charge >= 0.3 is 0 Å².